The van der Waals surface area contributed by atoms with E-state index in [9.17, 15) is 9.59 Å². The maximum atomic E-state index is 12.5. The van der Waals surface area contributed by atoms with Crippen molar-refractivity contribution in [3.05, 3.63) is 45.2 Å². The Bertz CT molecular complexity index is 848. The van der Waals surface area contributed by atoms with Gasteiger partial charge in [0.15, 0.2) is 5.69 Å². The molecule has 1 aliphatic carbocycles. The van der Waals surface area contributed by atoms with E-state index in [2.05, 4.69) is 10.4 Å². The third-order valence-electron chi connectivity index (χ3n) is 4.39. The Kier molecular flexibility index (Phi) is 5.84. The molecule has 0 aliphatic heterocycles. The lowest BCUT2D eigenvalue weighted by Crippen LogP contribution is -2.26. The fourth-order valence-corrected chi connectivity index (χ4v) is 3.65. The number of hydrogen-bond donors (Lipinski definition) is 2. The Labute approximate surface area is 161 Å². The summed E-state index contributed by atoms with van der Waals surface area (Å²) in [6.07, 6.45) is 3.87. The zero-order valence-electron chi connectivity index (χ0n) is 14.1. The van der Waals surface area contributed by atoms with Gasteiger partial charge in [0.1, 0.15) is 0 Å². The molecule has 1 aliphatic rings. The molecule has 3 rings (SSSR count). The van der Waals surface area contributed by atoms with Crippen molar-refractivity contribution >= 4 is 35.1 Å². The molecule has 0 fully saturated rings. The number of halogens is 2. The van der Waals surface area contributed by atoms with E-state index in [1.807, 2.05) is 0 Å². The van der Waals surface area contributed by atoms with Crippen molar-refractivity contribution < 1.29 is 14.7 Å². The van der Waals surface area contributed by atoms with E-state index in [1.54, 1.807) is 22.9 Å². The van der Waals surface area contributed by atoms with Crippen molar-refractivity contribution in [2.45, 2.75) is 38.5 Å². The number of amides is 1. The molecule has 1 aromatic heterocycles. The molecule has 6 nitrogen and oxygen atoms in total. The summed E-state index contributed by atoms with van der Waals surface area (Å²) in [4.78, 5) is 23.0. The van der Waals surface area contributed by atoms with Crippen LogP contribution in [0.1, 0.15) is 47.4 Å². The van der Waals surface area contributed by atoms with Gasteiger partial charge in [0.05, 0.1) is 10.7 Å². The highest BCUT2D eigenvalue weighted by Crippen LogP contribution is 2.31. The number of nitrogens with zero attached hydrogens (tertiary/aromatic N) is 2. The largest absolute Gasteiger partial charge is 0.481 e. The fourth-order valence-electron chi connectivity index (χ4n) is 3.16. The molecule has 2 N–H and O–H groups in total. The lowest BCUT2D eigenvalue weighted by Gasteiger charge is -2.08. The van der Waals surface area contributed by atoms with Crippen LogP contribution in [0.2, 0.25) is 10.0 Å². The molecule has 0 spiro atoms. The smallest absolute Gasteiger partial charge is 0.303 e. The summed E-state index contributed by atoms with van der Waals surface area (Å²) in [5, 5.41) is 17.0. The van der Waals surface area contributed by atoms with Gasteiger partial charge in [-0.25, -0.2) is 4.68 Å². The summed E-state index contributed by atoms with van der Waals surface area (Å²) in [7, 11) is 0. The summed E-state index contributed by atoms with van der Waals surface area (Å²) >= 11 is 12.3. The van der Waals surface area contributed by atoms with Gasteiger partial charge >= 0.3 is 5.97 Å². The van der Waals surface area contributed by atoms with Crippen LogP contribution in [-0.4, -0.2) is 33.3 Å². The highest BCUT2D eigenvalue weighted by atomic mass is 35.5. The number of unbranched alkanes of at least 4 members (excludes halogenated alkanes) is 1. The zero-order valence-corrected chi connectivity index (χ0v) is 15.6. The van der Waals surface area contributed by atoms with Crippen LogP contribution < -0.4 is 5.32 Å². The van der Waals surface area contributed by atoms with Crippen molar-refractivity contribution in [2.24, 2.45) is 0 Å². The maximum absolute atomic E-state index is 12.5. The summed E-state index contributed by atoms with van der Waals surface area (Å²) in [6, 6.07) is 5.20. The first-order chi connectivity index (χ1) is 12.5. The molecule has 26 heavy (non-hydrogen) atoms. The number of carboxylic acids is 1. The van der Waals surface area contributed by atoms with E-state index < -0.39 is 5.97 Å². The van der Waals surface area contributed by atoms with Gasteiger partial charge in [0.25, 0.3) is 5.91 Å². The van der Waals surface area contributed by atoms with E-state index >= 15 is 0 Å². The van der Waals surface area contributed by atoms with Crippen LogP contribution in [0, 0.1) is 0 Å². The molecule has 0 saturated heterocycles. The second kappa shape index (κ2) is 8.10. The van der Waals surface area contributed by atoms with Gasteiger partial charge in [-0.2, -0.15) is 5.10 Å². The van der Waals surface area contributed by atoms with E-state index in [0.29, 0.717) is 40.8 Å². The molecule has 0 saturated carbocycles. The number of hydrogen-bond acceptors (Lipinski definition) is 3. The van der Waals surface area contributed by atoms with Gasteiger partial charge < -0.3 is 10.4 Å². The number of carbonyl (C=O) groups is 2. The average molecular weight is 396 g/mol. The first kappa shape index (κ1) is 18.7. The zero-order chi connectivity index (χ0) is 18.7. The molecule has 8 heteroatoms. The SMILES string of the molecule is O=C(O)CCCCNC(=O)c1nn(-c2ccc(Cl)cc2Cl)c2c1CCC2. The Balaban J connectivity index is 1.77. The first-order valence-corrected chi connectivity index (χ1v) is 9.29. The Morgan fingerprint density at radius 3 is 2.77 bits per heavy atom. The van der Waals surface area contributed by atoms with Crippen LogP contribution in [0.4, 0.5) is 0 Å². The van der Waals surface area contributed by atoms with Gasteiger partial charge in [-0.1, -0.05) is 23.2 Å². The fraction of sp³-hybridized carbons (Fsp3) is 0.389. The highest BCUT2D eigenvalue weighted by molar-refractivity contribution is 6.35. The van der Waals surface area contributed by atoms with Gasteiger partial charge in [0, 0.05) is 29.2 Å². The highest BCUT2D eigenvalue weighted by Gasteiger charge is 2.27. The molecule has 0 bridgehead atoms. The van der Waals surface area contributed by atoms with Crippen LogP contribution in [0.15, 0.2) is 18.2 Å². The quantitative estimate of drug-likeness (QED) is 0.700. The van der Waals surface area contributed by atoms with Crippen LogP contribution >= 0.6 is 23.2 Å². The molecule has 1 aromatic carbocycles. The van der Waals surface area contributed by atoms with Crippen LogP contribution in [0.25, 0.3) is 5.69 Å². The van der Waals surface area contributed by atoms with E-state index in [0.717, 1.165) is 30.5 Å². The van der Waals surface area contributed by atoms with Gasteiger partial charge in [-0.3, -0.25) is 9.59 Å². The second-order valence-electron chi connectivity index (χ2n) is 6.24. The van der Waals surface area contributed by atoms with Gasteiger partial charge in [-0.05, 0) is 50.3 Å². The van der Waals surface area contributed by atoms with Crippen molar-refractivity contribution in [2.75, 3.05) is 6.54 Å². The predicted molar refractivity (Wildman–Crippen MR) is 99.4 cm³/mol. The molecule has 0 unspecified atom stereocenters. The molecule has 1 heterocycles. The van der Waals surface area contributed by atoms with Crippen LogP contribution in [0.5, 0.6) is 0 Å². The average Bonchev–Trinajstić information content (AvgIpc) is 3.17. The minimum absolute atomic E-state index is 0.106. The maximum Gasteiger partial charge on any atom is 0.303 e. The molecule has 0 atom stereocenters. The Hall–Kier alpha value is -2.05. The van der Waals surface area contributed by atoms with Crippen molar-refractivity contribution in [3.63, 3.8) is 0 Å². The molecular weight excluding hydrogens is 377 g/mol. The topological polar surface area (TPSA) is 84.2 Å². The summed E-state index contributed by atoms with van der Waals surface area (Å²) in [6.45, 7) is 0.426. The molecule has 0 radical (unpaired) electrons. The normalized spacial score (nSPS) is 12.8. The van der Waals surface area contributed by atoms with Crippen LogP contribution in [-0.2, 0) is 17.6 Å². The third-order valence-corrected chi connectivity index (χ3v) is 4.92. The van der Waals surface area contributed by atoms with E-state index in [1.165, 1.54) is 0 Å². The second-order valence-corrected chi connectivity index (χ2v) is 7.09. The van der Waals surface area contributed by atoms with Crippen LogP contribution in [0.3, 0.4) is 0 Å². The number of rotatable bonds is 7. The molecular formula is C18H19Cl2N3O3. The lowest BCUT2D eigenvalue weighted by molar-refractivity contribution is -0.137. The predicted octanol–water partition coefficient (Wildman–Crippen LogP) is 3.65. The van der Waals surface area contributed by atoms with Crippen molar-refractivity contribution in [3.8, 4) is 5.69 Å². The Morgan fingerprint density at radius 1 is 1.23 bits per heavy atom. The minimum atomic E-state index is -0.826. The minimum Gasteiger partial charge on any atom is -0.481 e. The van der Waals surface area contributed by atoms with Crippen molar-refractivity contribution in [1.82, 2.24) is 15.1 Å². The molecule has 138 valence electrons. The summed E-state index contributed by atoms with van der Waals surface area (Å²) in [5.74, 6) is -1.06. The summed E-state index contributed by atoms with van der Waals surface area (Å²) in [5.41, 5.74) is 3.08. The monoisotopic (exact) mass is 395 g/mol. The molecule has 1 amide bonds. The number of aliphatic carboxylic acids is 1. The first-order valence-electron chi connectivity index (χ1n) is 8.53. The number of nitrogens with one attached hydrogen (secondary N) is 1. The number of fused-ring (bicyclic) bond motifs is 1. The standard InChI is InChI=1S/C18H19Cl2N3O3/c19-11-7-8-15(13(20)10-11)23-14-5-3-4-12(14)17(22-23)18(26)21-9-2-1-6-16(24)25/h7-8,10H,1-6,9H2,(H,21,26)(H,24,25). The number of aromatic nitrogens is 2. The number of benzene rings is 1. The van der Waals surface area contributed by atoms with E-state index in [-0.39, 0.29) is 12.3 Å². The molecule has 2 aromatic rings. The van der Waals surface area contributed by atoms with Crippen molar-refractivity contribution in [1.29, 1.82) is 0 Å². The van der Waals surface area contributed by atoms with Gasteiger partial charge in [-0.15, -0.1) is 0 Å². The van der Waals surface area contributed by atoms with Gasteiger partial charge in [0.2, 0.25) is 0 Å². The van der Waals surface area contributed by atoms with E-state index in [4.69, 9.17) is 28.3 Å². The lowest BCUT2D eigenvalue weighted by atomic mass is 10.2. The Morgan fingerprint density at radius 2 is 2.04 bits per heavy atom. The number of carbonyl (C=O) groups excluding carboxylic acids is 1. The summed E-state index contributed by atoms with van der Waals surface area (Å²) < 4.78 is 1.74. The number of carboxylic acid groups (broad SMARTS) is 1. The third kappa shape index (κ3) is 4.02.